The second kappa shape index (κ2) is 5.10. The third-order valence-corrected chi connectivity index (χ3v) is 3.02. The van der Waals surface area contributed by atoms with Crippen LogP contribution in [-0.4, -0.2) is 19.6 Å². The first-order valence-corrected chi connectivity index (χ1v) is 5.90. The number of halogens is 3. The van der Waals surface area contributed by atoms with Gasteiger partial charge in [0, 0.05) is 22.5 Å². The van der Waals surface area contributed by atoms with Crippen molar-refractivity contribution in [1.82, 2.24) is 5.32 Å². The first-order valence-electron chi connectivity index (χ1n) is 5.10. The van der Waals surface area contributed by atoms with Crippen LogP contribution in [0.2, 0.25) is 0 Å². The summed E-state index contributed by atoms with van der Waals surface area (Å²) < 4.78 is 30.7. The molecule has 1 aliphatic rings. The number of rotatable bonds is 3. The van der Waals surface area contributed by atoms with E-state index in [9.17, 15) is 8.78 Å². The lowest BCUT2D eigenvalue weighted by Gasteiger charge is -2.26. The summed E-state index contributed by atoms with van der Waals surface area (Å²) in [6.45, 7) is 0.284. The van der Waals surface area contributed by atoms with E-state index >= 15 is 0 Å². The van der Waals surface area contributed by atoms with Crippen LogP contribution in [0.1, 0.15) is 18.0 Å². The van der Waals surface area contributed by atoms with E-state index in [1.165, 1.54) is 0 Å². The number of ether oxygens (including phenoxy) is 1. The lowest BCUT2D eigenvalue weighted by atomic mass is 10.0. The van der Waals surface area contributed by atoms with Gasteiger partial charge in [-0.25, -0.2) is 8.78 Å². The molecule has 1 unspecified atom stereocenters. The summed E-state index contributed by atoms with van der Waals surface area (Å²) in [6, 6.07) is 5.61. The molecule has 1 atom stereocenters. The molecule has 88 valence electrons. The number of nitrogens with one attached hydrogen (secondary N) is 1. The molecule has 0 aliphatic carbocycles. The first-order chi connectivity index (χ1) is 7.66. The molecule has 0 amide bonds. The van der Waals surface area contributed by atoms with Crippen LogP contribution in [0.5, 0.6) is 5.75 Å². The molecule has 16 heavy (non-hydrogen) atoms. The minimum absolute atomic E-state index is 0.0461. The average molecular weight is 292 g/mol. The molecule has 1 heterocycles. The summed E-state index contributed by atoms with van der Waals surface area (Å²) in [7, 11) is 0. The Balaban J connectivity index is 2.15. The maximum Gasteiger partial charge on any atom is 0.250 e. The number of hydrogen-bond acceptors (Lipinski definition) is 2. The number of benzene rings is 1. The summed E-state index contributed by atoms with van der Waals surface area (Å²) >= 11 is 3.37. The topological polar surface area (TPSA) is 21.3 Å². The van der Waals surface area contributed by atoms with E-state index in [-0.39, 0.29) is 12.6 Å². The quantitative estimate of drug-likeness (QED) is 0.924. The molecule has 0 bridgehead atoms. The summed E-state index contributed by atoms with van der Waals surface area (Å²) in [5, 5.41) is 2.85. The zero-order valence-electron chi connectivity index (χ0n) is 8.55. The molecule has 2 rings (SSSR count). The van der Waals surface area contributed by atoms with Gasteiger partial charge < -0.3 is 10.1 Å². The molecular formula is C11H12BrF2NO. The van der Waals surface area contributed by atoms with Crippen LogP contribution in [0.25, 0.3) is 0 Å². The van der Waals surface area contributed by atoms with Crippen LogP contribution < -0.4 is 10.1 Å². The van der Waals surface area contributed by atoms with Gasteiger partial charge in [0.05, 0.1) is 13.2 Å². The third kappa shape index (κ3) is 2.71. The van der Waals surface area contributed by atoms with Crippen molar-refractivity contribution in [3.8, 4) is 5.75 Å². The van der Waals surface area contributed by atoms with Gasteiger partial charge >= 0.3 is 0 Å². The van der Waals surface area contributed by atoms with E-state index in [4.69, 9.17) is 4.74 Å². The van der Waals surface area contributed by atoms with Crippen LogP contribution >= 0.6 is 15.9 Å². The molecule has 1 N–H and O–H groups in total. The summed E-state index contributed by atoms with van der Waals surface area (Å²) in [6.07, 6.45) is -1.60. The van der Waals surface area contributed by atoms with Gasteiger partial charge in [0.1, 0.15) is 5.75 Å². The highest BCUT2D eigenvalue weighted by Gasteiger charge is 2.22. The van der Waals surface area contributed by atoms with Crippen molar-refractivity contribution in [2.24, 2.45) is 0 Å². The second-order valence-corrected chi connectivity index (χ2v) is 4.59. The minimum Gasteiger partial charge on any atom is -0.493 e. The standard InChI is InChI=1S/C11H12BrF2NO/c12-7-1-2-10-8(5-7)9(3-4-16-10)15-6-11(13)14/h1-2,5,9,11,15H,3-4,6H2. The van der Waals surface area contributed by atoms with Gasteiger partial charge in [0.15, 0.2) is 0 Å². The molecule has 5 heteroatoms. The van der Waals surface area contributed by atoms with Crippen LogP contribution in [0.3, 0.4) is 0 Å². The highest BCUT2D eigenvalue weighted by molar-refractivity contribution is 9.10. The van der Waals surface area contributed by atoms with Crippen molar-refractivity contribution in [2.45, 2.75) is 18.9 Å². The molecule has 1 aliphatic heterocycles. The molecule has 2 nitrogen and oxygen atoms in total. The molecule has 0 radical (unpaired) electrons. The van der Waals surface area contributed by atoms with Crippen LogP contribution in [0, 0.1) is 0 Å². The molecule has 0 saturated heterocycles. The monoisotopic (exact) mass is 291 g/mol. The van der Waals surface area contributed by atoms with Gasteiger partial charge in [-0.1, -0.05) is 15.9 Å². The lowest BCUT2D eigenvalue weighted by molar-refractivity contribution is 0.136. The van der Waals surface area contributed by atoms with Crippen LogP contribution in [0.4, 0.5) is 8.78 Å². The van der Waals surface area contributed by atoms with E-state index in [1.807, 2.05) is 18.2 Å². The highest BCUT2D eigenvalue weighted by Crippen LogP contribution is 2.33. The van der Waals surface area contributed by atoms with Crippen LogP contribution in [-0.2, 0) is 0 Å². The fraction of sp³-hybridized carbons (Fsp3) is 0.455. The summed E-state index contributed by atoms with van der Waals surface area (Å²) in [5.41, 5.74) is 0.946. The predicted octanol–water partition coefficient (Wildman–Crippen LogP) is 3.13. The normalized spacial score (nSPS) is 19.4. The van der Waals surface area contributed by atoms with Crippen molar-refractivity contribution < 1.29 is 13.5 Å². The second-order valence-electron chi connectivity index (χ2n) is 3.67. The molecule has 0 aromatic heterocycles. The van der Waals surface area contributed by atoms with E-state index < -0.39 is 6.43 Å². The Morgan fingerprint density at radius 1 is 1.50 bits per heavy atom. The van der Waals surface area contributed by atoms with Gasteiger partial charge in [0.25, 0.3) is 6.43 Å². The first kappa shape index (κ1) is 11.8. The van der Waals surface area contributed by atoms with Gasteiger partial charge in [0.2, 0.25) is 0 Å². The van der Waals surface area contributed by atoms with E-state index in [2.05, 4.69) is 21.2 Å². The minimum atomic E-state index is -2.32. The zero-order chi connectivity index (χ0) is 11.5. The van der Waals surface area contributed by atoms with Crippen LogP contribution in [0.15, 0.2) is 22.7 Å². The maximum atomic E-state index is 12.1. The third-order valence-electron chi connectivity index (χ3n) is 2.53. The van der Waals surface area contributed by atoms with Gasteiger partial charge in [-0.15, -0.1) is 0 Å². The average Bonchev–Trinajstić information content (AvgIpc) is 2.26. The number of hydrogen-bond donors (Lipinski definition) is 1. The van der Waals surface area contributed by atoms with E-state index in [1.54, 1.807) is 0 Å². The number of alkyl halides is 2. The lowest BCUT2D eigenvalue weighted by Crippen LogP contribution is -2.30. The van der Waals surface area contributed by atoms with Crippen molar-refractivity contribution >= 4 is 15.9 Å². The van der Waals surface area contributed by atoms with Gasteiger partial charge in [-0.05, 0) is 18.2 Å². The van der Waals surface area contributed by atoms with Gasteiger partial charge in [-0.3, -0.25) is 0 Å². The molecular weight excluding hydrogens is 280 g/mol. The summed E-state index contributed by atoms with van der Waals surface area (Å²) in [4.78, 5) is 0. The SMILES string of the molecule is FC(F)CNC1CCOc2ccc(Br)cc21. The molecule has 1 aromatic rings. The Morgan fingerprint density at radius 2 is 2.31 bits per heavy atom. The fourth-order valence-corrected chi connectivity index (χ4v) is 2.19. The Labute approximate surface area is 101 Å². The van der Waals surface area contributed by atoms with E-state index in [0.29, 0.717) is 6.61 Å². The summed E-state index contributed by atoms with van der Waals surface area (Å²) in [5.74, 6) is 0.779. The van der Waals surface area contributed by atoms with Crippen molar-refractivity contribution in [1.29, 1.82) is 0 Å². The Morgan fingerprint density at radius 3 is 3.06 bits per heavy atom. The van der Waals surface area contributed by atoms with Crippen molar-refractivity contribution in [3.05, 3.63) is 28.2 Å². The van der Waals surface area contributed by atoms with Crippen molar-refractivity contribution in [3.63, 3.8) is 0 Å². The Bertz CT molecular complexity index is 373. The maximum absolute atomic E-state index is 12.1. The highest BCUT2D eigenvalue weighted by atomic mass is 79.9. The van der Waals surface area contributed by atoms with Gasteiger partial charge in [-0.2, -0.15) is 0 Å². The van der Waals surface area contributed by atoms with Crippen molar-refractivity contribution in [2.75, 3.05) is 13.2 Å². The number of fused-ring (bicyclic) bond motifs is 1. The molecule has 0 saturated carbocycles. The molecule has 0 spiro atoms. The fourth-order valence-electron chi connectivity index (χ4n) is 1.81. The largest absolute Gasteiger partial charge is 0.493 e. The van der Waals surface area contributed by atoms with E-state index in [0.717, 1.165) is 22.2 Å². The Hall–Kier alpha value is -0.680. The molecule has 0 fully saturated rings. The zero-order valence-corrected chi connectivity index (χ0v) is 10.1. The smallest absolute Gasteiger partial charge is 0.250 e. The Kier molecular flexibility index (Phi) is 3.76. The molecule has 1 aromatic carbocycles. The predicted molar refractivity (Wildman–Crippen MR) is 61.0 cm³/mol.